The maximum atomic E-state index is 12.7. The maximum absolute atomic E-state index is 12.7. The molecule has 2 N–H and O–H groups in total. The van der Waals surface area contributed by atoms with Crippen LogP contribution >= 0.6 is 0 Å². The molecule has 0 saturated carbocycles. The molecule has 0 aromatic heterocycles. The number of unbranched alkanes of at least 4 members (excludes halogenated alkanes) is 11. The summed E-state index contributed by atoms with van der Waals surface area (Å²) in [7, 11) is 2.04. The van der Waals surface area contributed by atoms with Crippen molar-refractivity contribution >= 4 is 11.6 Å². The molecule has 0 spiro atoms. The molecule has 38 heavy (non-hydrogen) atoms. The second-order valence-electron chi connectivity index (χ2n) is 10.8. The number of nitrogens with one attached hydrogen (secondary N) is 2. The molecule has 1 amide bonds. The molecule has 0 aliphatic carbocycles. The Hall–Kier alpha value is -2.95. The predicted octanol–water partition coefficient (Wildman–Crippen LogP) is 8.13. The Labute approximate surface area is 231 Å². The van der Waals surface area contributed by atoms with Gasteiger partial charge in [-0.2, -0.15) is 0 Å². The van der Waals surface area contributed by atoms with E-state index < -0.39 is 0 Å². The topological polar surface area (TPSA) is 53.6 Å². The predicted molar refractivity (Wildman–Crippen MR) is 159 cm³/mol. The highest BCUT2D eigenvalue weighted by Gasteiger charge is 2.31. The second-order valence-corrected chi connectivity index (χ2v) is 10.8. The molecule has 0 radical (unpaired) electrons. The number of rotatable bonds is 18. The fraction of sp³-hybridized carbons (Fsp3) is 0.545. The summed E-state index contributed by atoms with van der Waals surface area (Å²) in [5, 5.41) is 6.43. The summed E-state index contributed by atoms with van der Waals surface area (Å²) in [4.78, 5) is 14.8. The van der Waals surface area contributed by atoms with Crippen LogP contribution in [0.1, 0.15) is 102 Å². The molecule has 0 fully saturated rings. The van der Waals surface area contributed by atoms with Crippen LogP contribution in [0.2, 0.25) is 0 Å². The third-order valence-corrected chi connectivity index (χ3v) is 7.63. The van der Waals surface area contributed by atoms with Crippen molar-refractivity contribution in [3.63, 3.8) is 0 Å². The second kappa shape index (κ2) is 16.1. The number of carbonyl (C=O) groups is 1. The summed E-state index contributed by atoms with van der Waals surface area (Å²) in [6.45, 7) is 5.15. The Morgan fingerprint density at radius 2 is 1.53 bits per heavy atom. The third kappa shape index (κ3) is 9.74. The number of carbonyl (C=O) groups excluding carboxylic acids is 1. The van der Waals surface area contributed by atoms with Crippen molar-refractivity contribution in [3.05, 3.63) is 72.1 Å². The van der Waals surface area contributed by atoms with E-state index in [2.05, 4.69) is 35.4 Å². The van der Waals surface area contributed by atoms with Gasteiger partial charge >= 0.3 is 0 Å². The molecule has 0 saturated heterocycles. The molecule has 208 valence electrons. The van der Waals surface area contributed by atoms with Crippen molar-refractivity contribution in [2.24, 2.45) is 0 Å². The molecule has 1 heterocycles. The van der Waals surface area contributed by atoms with Crippen LogP contribution in [0.15, 0.2) is 60.9 Å². The van der Waals surface area contributed by atoms with E-state index in [4.69, 9.17) is 4.74 Å². The number of amides is 1. The Balaban J connectivity index is 1.28. The minimum atomic E-state index is -0.316. The molecule has 1 aliphatic rings. The molecule has 2 aromatic rings. The summed E-state index contributed by atoms with van der Waals surface area (Å²) in [6.07, 6.45) is 20.4. The zero-order valence-corrected chi connectivity index (χ0v) is 23.9. The third-order valence-electron chi connectivity index (χ3n) is 7.63. The average molecular weight is 520 g/mol. The van der Waals surface area contributed by atoms with Crippen LogP contribution in [-0.4, -0.2) is 24.5 Å². The number of benzene rings is 2. The molecule has 1 unspecified atom stereocenters. The lowest BCUT2D eigenvalue weighted by Crippen LogP contribution is -2.43. The van der Waals surface area contributed by atoms with E-state index in [0.717, 1.165) is 35.6 Å². The molecular weight excluding hydrogens is 470 g/mol. The van der Waals surface area contributed by atoms with Crippen molar-refractivity contribution < 1.29 is 9.53 Å². The van der Waals surface area contributed by atoms with Gasteiger partial charge < -0.3 is 20.3 Å². The quantitative estimate of drug-likeness (QED) is 0.195. The van der Waals surface area contributed by atoms with Gasteiger partial charge in [0.25, 0.3) is 0 Å². The van der Waals surface area contributed by atoms with Crippen LogP contribution in [0.25, 0.3) is 0 Å². The van der Waals surface area contributed by atoms with Gasteiger partial charge in [-0.15, -0.1) is 0 Å². The fourth-order valence-electron chi connectivity index (χ4n) is 4.98. The summed E-state index contributed by atoms with van der Waals surface area (Å²) in [5.74, 6) is 0.850. The van der Waals surface area contributed by atoms with Crippen LogP contribution in [0.5, 0.6) is 5.75 Å². The van der Waals surface area contributed by atoms with Crippen LogP contribution in [0.3, 0.4) is 0 Å². The van der Waals surface area contributed by atoms with Crippen molar-refractivity contribution in [1.29, 1.82) is 0 Å². The summed E-state index contributed by atoms with van der Waals surface area (Å²) < 4.78 is 5.92. The van der Waals surface area contributed by atoms with Gasteiger partial charge in [-0.05, 0) is 48.7 Å². The Morgan fingerprint density at radius 1 is 0.895 bits per heavy atom. The normalized spacial score (nSPS) is 16.4. The number of ether oxygens (including phenoxy) is 1. The first-order valence-corrected chi connectivity index (χ1v) is 14.8. The Morgan fingerprint density at radius 3 is 2.13 bits per heavy atom. The highest BCUT2D eigenvalue weighted by Crippen LogP contribution is 2.29. The van der Waals surface area contributed by atoms with Gasteiger partial charge in [0, 0.05) is 25.1 Å². The highest BCUT2D eigenvalue weighted by atomic mass is 16.5. The van der Waals surface area contributed by atoms with Gasteiger partial charge in [-0.1, -0.05) is 102 Å². The monoisotopic (exact) mass is 519 g/mol. The Kier molecular flexibility index (Phi) is 12.5. The van der Waals surface area contributed by atoms with Crippen LogP contribution in [0.4, 0.5) is 5.69 Å². The van der Waals surface area contributed by atoms with Gasteiger partial charge in [0.15, 0.2) is 0 Å². The van der Waals surface area contributed by atoms with Crippen LogP contribution < -0.4 is 15.4 Å². The van der Waals surface area contributed by atoms with Gasteiger partial charge in [-0.3, -0.25) is 4.79 Å². The Bertz CT molecular complexity index is 988. The molecule has 5 heteroatoms. The maximum Gasteiger partial charge on any atom is 0.228 e. The molecule has 2 aromatic carbocycles. The zero-order valence-electron chi connectivity index (χ0n) is 23.9. The van der Waals surface area contributed by atoms with Crippen molar-refractivity contribution in [2.75, 3.05) is 19.0 Å². The lowest BCUT2D eigenvalue weighted by molar-refractivity contribution is -0.115. The minimum Gasteiger partial charge on any atom is -0.494 e. The van der Waals surface area contributed by atoms with E-state index in [1.807, 2.05) is 61.9 Å². The highest BCUT2D eigenvalue weighted by molar-refractivity contribution is 5.92. The summed E-state index contributed by atoms with van der Waals surface area (Å²) in [6, 6.07) is 15.9. The van der Waals surface area contributed by atoms with Crippen LogP contribution in [-0.2, 0) is 16.9 Å². The summed E-state index contributed by atoms with van der Waals surface area (Å²) >= 11 is 0. The average Bonchev–Trinajstić information content (AvgIpc) is 3.26. The zero-order chi connectivity index (χ0) is 27.1. The molecule has 3 rings (SSSR count). The first-order valence-electron chi connectivity index (χ1n) is 14.8. The minimum absolute atomic E-state index is 0.0247. The van der Waals surface area contributed by atoms with Crippen molar-refractivity contribution in [1.82, 2.24) is 10.2 Å². The number of nitrogens with zero attached hydrogens (tertiary/aromatic N) is 1. The van der Waals surface area contributed by atoms with Gasteiger partial charge in [0.1, 0.15) is 11.4 Å². The molecule has 0 bridgehead atoms. The van der Waals surface area contributed by atoms with Gasteiger partial charge in [0.2, 0.25) is 5.91 Å². The van der Waals surface area contributed by atoms with E-state index in [-0.39, 0.29) is 11.6 Å². The molecule has 1 aliphatic heterocycles. The van der Waals surface area contributed by atoms with Crippen molar-refractivity contribution in [2.45, 2.75) is 103 Å². The van der Waals surface area contributed by atoms with Crippen LogP contribution in [0, 0.1) is 0 Å². The number of hydrogen-bond donors (Lipinski definition) is 2. The lowest BCUT2D eigenvalue weighted by atomic mass is 10.0. The van der Waals surface area contributed by atoms with E-state index in [9.17, 15) is 4.79 Å². The van der Waals surface area contributed by atoms with Gasteiger partial charge in [0.05, 0.1) is 13.0 Å². The largest absolute Gasteiger partial charge is 0.494 e. The van der Waals surface area contributed by atoms with E-state index >= 15 is 0 Å². The standard InChI is InChI=1S/C33H49N3O2/c1-4-5-6-7-8-9-10-11-12-13-14-15-25-38-31-21-19-28(20-22-31)26-32(37)35-30-18-16-17-29(27-30)33(2)34-23-24-36(33)3/h16-24,27,34H,4-15,25-26H2,1-3H3,(H,35,37). The smallest absolute Gasteiger partial charge is 0.228 e. The SMILES string of the molecule is CCCCCCCCCCCCCCOc1ccc(CC(=O)Nc2cccc(C3(C)NC=CN3C)c2)cc1. The van der Waals surface area contributed by atoms with E-state index in [1.165, 1.54) is 70.6 Å². The van der Waals surface area contributed by atoms with E-state index in [1.54, 1.807) is 0 Å². The lowest BCUT2D eigenvalue weighted by Gasteiger charge is -2.34. The number of hydrogen-bond acceptors (Lipinski definition) is 4. The molecular formula is C33H49N3O2. The van der Waals surface area contributed by atoms with Gasteiger partial charge in [-0.25, -0.2) is 0 Å². The molecule has 1 atom stereocenters. The first-order chi connectivity index (χ1) is 18.5. The van der Waals surface area contributed by atoms with Crippen molar-refractivity contribution in [3.8, 4) is 5.75 Å². The molecule has 5 nitrogen and oxygen atoms in total. The van der Waals surface area contributed by atoms with E-state index in [0.29, 0.717) is 6.42 Å². The number of anilines is 1. The summed E-state index contributed by atoms with van der Waals surface area (Å²) in [5.41, 5.74) is 2.56. The first kappa shape index (κ1) is 29.6. The fourth-order valence-corrected chi connectivity index (χ4v) is 4.98.